The van der Waals surface area contributed by atoms with Gasteiger partial charge in [-0.25, -0.2) is 0 Å². The van der Waals surface area contributed by atoms with Gasteiger partial charge in [-0.3, -0.25) is 0 Å². The molecule has 0 spiro atoms. The first kappa shape index (κ1) is 17.1. The number of hydrogen-bond acceptors (Lipinski definition) is 5. The summed E-state index contributed by atoms with van der Waals surface area (Å²) in [5, 5.41) is 13.7. The molecule has 0 amide bonds. The zero-order valence-corrected chi connectivity index (χ0v) is 13.6. The van der Waals surface area contributed by atoms with E-state index in [2.05, 4.69) is 12.2 Å². The zero-order chi connectivity index (χ0) is 15.8. The molecular formula is C17H27NO4. The van der Waals surface area contributed by atoms with Crippen LogP contribution in [-0.2, 0) is 11.3 Å². The largest absolute Gasteiger partial charge is 0.493 e. The maximum absolute atomic E-state index is 10.4. The first-order valence-electron chi connectivity index (χ1n) is 7.97. The smallest absolute Gasteiger partial charge is 0.161 e. The summed E-state index contributed by atoms with van der Waals surface area (Å²) < 4.78 is 16.3. The Bertz CT molecular complexity index is 458. The highest BCUT2D eigenvalue weighted by Crippen LogP contribution is 2.28. The predicted molar refractivity (Wildman–Crippen MR) is 85.5 cm³/mol. The summed E-state index contributed by atoms with van der Waals surface area (Å²) in [6, 6.07) is 5.94. The molecule has 1 heterocycles. The number of benzene rings is 1. The van der Waals surface area contributed by atoms with Gasteiger partial charge in [0.05, 0.1) is 19.3 Å². The lowest BCUT2D eigenvalue weighted by Crippen LogP contribution is -2.44. The van der Waals surface area contributed by atoms with Gasteiger partial charge in [-0.05, 0) is 24.1 Å². The number of rotatable bonds is 8. The highest BCUT2D eigenvalue weighted by molar-refractivity contribution is 5.42. The molecule has 0 aromatic heterocycles. The Morgan fingerprint density at radius 3 is 2.73 bits per heavy atom. The van der Waals surface area contributed by atoms with Crippen molar-refractivity contribution in [3.8, 4) is 11.5 Å². The van der Waals surface area contributed by atoms with Crippen LogP contribution in [0.3, 0.4) is 0 Å². The van der Waals surface area contributed by atoms with Crippen molar-refractivity contribution in [2.75, 3.05) is 33.5 Å². The number of ether oxygens (including phenoxy) is 3. The van der Waals surface area contributed by atoms with Crippen molar-refractivity contribution >= 4 is 0 Å². The van der Waals surface area contributed by atoms with E-state index in [1.807, 2.05) is 18.2 Å². The molecule has 1 aliphatic heterocycles. The van der Waals surface area contributed by atoms with Gasteiger partial charge in [-0.2, -0.15) is 0 Å². The van der Waals surface area contributed by atoms with Gasteiger partial charge in [0.15, 0.2) is 11.5 Å². The fourth-order valence-electron chi connectivity index (χ4n) is 2.52. The molecule has 0 saturated carbocycles. The average molecular weight is 309 g/mol. The van der Waals surface area contributed by atoms with Crippen LogP contribution in [0.15, 0.2) is 18.2 Å². The van der Waals surface area contributed by atoms with Crippen LogP contribution in [0.1, 0.15) is 31.7 Å². The fourth-order valence-corrected chi connectivity index (χ4v) is 2.52. The lowest BCUT2D eigenvalue weighted by Gasteiger charge is -2.32. The predicted octanol–water partition coefficient (Wildman–Crippen LogP) is 2.12. The lowest BCUT2D eigenvalue weighted by atomic mass is 9.94. The van der Waals surface area contributed by atoms with Gasteiger partial charge >= 0.3 is 0 Å². The summed E-state index contributed by atoms with van der Waals surface area (Å²) in [5.74, 6) is 1.52. The van der Waals surface area contributed by atoms with E-state index >= 15 is 0 Å². The second kappa shape index (κ2) is 8.36. The molecule has 0 aliphatic carbocycles. The normalized spacial score (nSPS) is 17.2. The van der Waals surface area contributed by atoms with Crippen molar-refractivity contribution in [3.63, 3.8) is 0 Å². The Hall–Kier alpha value is -1.30. The summed E-state index contributed by atoms with van der Waals surface area (Å²) >= 11 is 0. The molecule has 0 radical (unpaired) electrons. The molecule has 1 saturated heterocycles. The van der Waals surface area contributed by atoms with E-state index in [1.165, 1.54) is 0 Å². The average Bonchev–Trinajstić information content (AvgIpc) is 2.54. The standard InChI is InChI=1S/C17H27NO4/c1-3-8-22-15-5-4-14(11-16(15)20-2)12-18-13-17(19)6-9-21-10-7-17/h4-5,11,18-19H,3,6-10,12-13H2,1-2H3. The molecule has 0 unspecified atom stereocenters. The van der Waals surface area contributed by atoms with E-state index in [0.29, 0.717) is 45.8 Å². The summed E-state index contributed by atoms with van der Waals surface area (Å²) in [4.78, 5) is 0. The number of hydrogen-bond donors (Lipinski definition) is 2. The van der Waals surface area contributed by atoms with Crippen molar-refractivity contribution < 1.29 is 19.3 Å². The van der Waals surface area contributed by atoms with Gasteiger partial charge in [0.2, 0.25) is 0 Å². The van der Waals surface area contributed by atoms with Crippen LogP contribution >= 0.6 is 0 Å². The monoisotopic (exact) mass is 309 g/mol. The third-order valence-electron chi connectivity index (χ3n) is 3.90. The Balaban J connectivity index is 1.87. The molecule has 5 nitrogen and oxygen atoms in total. The number of aliphatic hydroxyl groups is 1. The van der Waals surface area contributed by atoms with Crippen LogP contribution < -0.4 is 14.8 Å². The molecule has 0 bridgehead atoms. The Labute approximate surface area is 132 Å². The van der Waals surface area contributed by atoms with Gasteiger partial charge in [-0.1, -0.05) is 13.0 Å². The number of nitrogens with one attached hydrogen (secondary N) is 1. The van der Waals surface area contributed by atoms with Crippen LogP contribution in [0.25, 0.3) is 0 Å². The highest BCUT2D eigenvalue weighted by Gasteiger charge is 2.29. The van der Waals surface area contributed by atoms with E-state index in [0.717, 1.165) is 23.5 Å². The third kappa shape index (κ3) is 4.87. The second-order valence-electron chi connectivity index (χ2n) is 5.77. The van der Waals surface area contributed by atoms with Crippen molar-refractivity contribution in [3.05, 3.63) is 23.8 Å². The van der Waals surface area contributed by atoms with Crippen molar-refractivity contribution in [1.82, 2.24) is 5.32 Å². The van der Waals surface area contributed by atoms with Gasteiger partial charge in [-0.15, -0.1) is 0 Å². The van der Waals surface area contributed by atoms with Gasteiger partial charge < -0.3 is 24.6 Å². The summed E-state index contributed by atoms with van der Waals surface area (Å²) in [5.41, 5.74) is 0.461. The Morgan fingerprint density at radius 1 is 1.27 bits per heavy atom. The van der Waals surface area contributed by atoms with Crippen molar-refractivity contribution in [1.29, 1.82) is 0 Å². The fraction of sp³-hybridized carbons (Fsp3) is 0.647. The van der Waals surface area contributed by atoms with E-state index in [1.54, 1.807) is 7.11 Å². The van der Waals surface area contributed by atoms with Gasteiger partial charge in [0.1, 0.15) is 0 Å². The Morgan fingerprint density at radius 2 is 2.05 bits per heavy atom. The first-order valence-corrected chi connectivity index (χ1v) is 7.97. The van der Waals surface area contributed by atoms with Crippen LogP contribution in [0.5, 0.6) is 11.5 Å². The molecule has 1 fully saturated rings. The highest BCUT2D eigenvalue weighted by atomic mass is 16.5. The van der Waals surface area contributed by atoms with E-state index in [9.17, 15) is 5.11 Å². The molecule has 124 valence electrons. The van der Waals surface area contributed by atoms with Crippen LogP contribution in [-0.4, -0.2) is 44.2 Å². The number of methoxy groups -OCH3 is 1. The molecule has 2 N–H and O–H groups in total. The minimum atomic E-state index is -0.646. The van der Waals surface area contributed by atoms with Crippen LogP contribution in [0.2, 0.25) is 0 Å². The van der Waals surface area contributed by atoms with Gasteiger partial charge in [0.25, 0.3) is 0 Å². The lowest BCUT2D eigenvalue weighted by molar-refractivity contribution is -0.0617. The molecule has 5 heteroatoms. The molecule has 1 aliphatic rings. The Kier molecular flexibility index (Phi) is 6.49. The second-order valence-corrected chi connectivity index (χ2v) is 5.77. The molecule has 1 aromatic carbocycles. The SMILES string of the molecule is CCCOc1ccc(CNCC2(O)CCOCC2)cc1OC. The van der Waals surface area contributed by atoms with Crippen molar-refractivity contribution in [2.24, 2.45) is 0 Å². The first-order chi connectivity index (χ1) is 10.7. The van der Waals surface area contributed by atoms with E-state index < -0.39 is 5.60 Å². The third-order valence-corrected chi connectivity index (χ3v) is 3.90. The summed E-state index contributed by atoms with van der Waals surface area (Å²) in [7, 11) is 1.65. The topological polar surface area (TPSA) is 60.0 Å². The zero-order valence-electron chi connectivity index (χ0n) is 13.6. The maximum Gasteiger partial charge on any atom is 0.161 e. The van der Waals surface area contributed by atoms with E-state index in [4.69, 9.17) is 14.2 Å². The minimum absolute atomic E-state index is 0.576. The molecule has 1 aromatic rings. The molecule has 22 heavy (non-hydrogen) atoms. The molecular weight excluding hydrogens is 282 g/mol. The van der Waals surface area contributed by atoms with Crippen LogP contribution in [0.4, 0.5) is 0 Å². The quantitative estimate of drug-likeness (QED) is 0.770. The molecule has 0 atom stereocenters. The van der Waals surface area contributed by atoms with Gasteiger partial charge in [0, 0.05) is 39.1 Å². The van der Waals surface area contributed by atoms with Crippen molar-refractivity contribution in [2.45, 2.75) is 38.3 Å². The minimum Gasteiger partial charge on any atom is -0.493 e. The summed E-state index contributed by atoms with van der Waals surface area (Å²) in [6.45, 7) is 5.29. The molecule has 2 rings (SSSR count). The van der Waals surface area contributed by atoms with Crippen LogP contribution in [0, 0.1) is 0 Å². The summed E-state index contributed by atoms with van der Waals surface area (Å²) in [6.07, 6.45) is 2.34. The van der Waals surface area contributed by atoms with E-state index in [-0.39, 0.29) is 0 Å². The maximum atomic E-state index is 10.4.